The lowest BCUT2D eigenvalue weighted by Gasteiger charge is -2.32. The van der Waals surface area contributed by atoms with E-state index in [4.69, 9.17) is 0 Å². The zero-order valence-corrected chi connectivity index (χ0v) is 30.1. The van der Waals surface area contributed by atoms with Crippen LogP contribution < -0.4 is 4.90 Å². The molecule has 2 aromatic heterocycles. The van der Waals surface area contributed by atoms with E-state index in [0.717, 1.165) is 17.1 Å². The van der Waals surface area contributed by atoms with Crippen molar-refractivity contribution in [3.05, 3.63) is 200 Å². The van der Waals surface area contributed by atoms with Crippen molar-refractivity contribution in [3.8, 4) is 33.8 Å². The van der Waals surface area contributed by atoms with Gasteiger partial charge in [-0.15, -0.1) is 0 Å². The van der Waals surface area contributed by atoms with Crippen molar-refractivity contribution in [1.82, 2.24) is 9.13 Å². The fourth-order valence-corrected chi connectivity index (χ4v) is 9.48. The van der Waals surface area contributed by atoms with Crippen molar-refractivity contribution >= 4 is 61.5 Å². The number of aromatic nitrogens is 2. The molecule has 3 nitrogen and oxygen atoms in total. The number of anilines is 3. The number of nitrogens with zero attached hydrogens (tertiary/aromatic N) is 3. The largest absolute Gasteiger partial charge is 0.308 e. The number of hydrogen-bond donors (Lipinski definition) is 0. The Bertz CT molecular complexity index is 2950. The smallest absolute Gasteiger partial charge is 0.0789 e. The van der Waals surface area contributed by atoms with Gasteiger partial charge in [-0.1, -0.05) is 145 Å². The zero-order valence-electron chi connectivity index (χ0n) is 29.3. The minimum absolute atomic E-state index is 1.12. The molecule has 0 fully saturated rings. The first-order valence-electron chi connectivity index (χ1n) is 18.4. The summed E-state index contributed by atoms with van der Waals surface area (Å²) < 4.78 is 4.98. The van der Waals surface area contributed by atoms with Crippen LogP contribution in [0, 0.1) is 0 Å². The quantitative estimate of drug-likeness (QED) is 0.177. The molecule has 0 unspecified atom stereocenters. The van der Waals surface area contributed by atoms with Gasteiger partial charge in [-0.3, -0.25) is 0 Å². The van der Waals surface area contributed by atoms with Crippen LogP contribution in [-0.2, 0) is 0 Å². The molecule has 4 heteroatoms. The van der Waals surface area contributed by atoms with Gasteiger partial charge in [-0.25, -0.2) is 0 Å². The molecule has 0 saturated heterocycles. The third-order valence-electron chi connectivity index (χ3n) is 10.7. The molecule has 10 aromatic rings. The number of rotatable bonds is 5. The topological polar surface area (TPSA) is 13.1 Å². The van der Waals surface area contributed by atoms with Crippen LogP contribution in [-0.4, -0.2) is 9.13 Å². The summed E-state index contributed by atoms with van der Waals surface area (Å²) >= 11 is 1.84. The van der Waals surface area contributed by atoms with Crippen LogP contribution in [0.15, 0.2) is 210 Å². The molecule has 0 bridgehead atoms. The predicted octanol–water partition coefficient (Wildman–Crippen LogP) is 14.0. The van der Waals surface area contributed by atoms with E-state index in [1.54, 1.807) is 0 Å². The third kappa shape index (κ3) is 4.70. The van der Waals surface area contributed by atoms with Crippen molar-refractivity contribution in [2.45, 2.75) is 9.79 Å². The molecular weight excluding hydrogens is 675 g/mol. The fourth-order valence-electron chi connectivity index (χ4n) is 8.42. The molecule has 1 aliphatic rings. The Kier molecular flexibility index (Phi) is 7.10. The summed E-state index contributed by atoms with van der Waals surface area (Å²) in [7, 11) is 0. The highest BCUT2D eigenvalue weighted by molar-refractivity contribution is 7.99. The normalized spacial score (nSPS) is 12.3. The summed E-state index contributed by atoms with van der Waals surface area (Å²) in [6, 6.07) is 72.6. The molecule has 3 heterocycles. The molecule has 0 saturated carbocycles. The van der Waals surface area contributed by atoms with Crippen LogP contribution in [0.25, 0.3) is 66.5 Å². The van der Waals surface area contributed by atoms with Gasteiger partial charge in [-0.2, -0.15) is 0 Å². The molecule has 0 radical (unpaired) electrons. The van der Waals surface area contributed by atoms with Crippen LogP contribution in [0.2, 0.25) is 0 Å². The van der Waals surface area contributed by atoms with Crippen molar-refractivity contribution in [3.63, 3.8) is 0 Å². The van der Waals surface area contributed by atoms with Crippen LogP contribution in [0.1, 0.15) is 0 Å². The highest BCUT2D eigenvalue weighted by Crippen LogP contribution is 2.52. The lowest BCUT2D eigenvalue weighted by atomic mass is 9.98. The lowest BCUT2D eigenvalue weighted by molar-refractivity contribution is 1.12. The first-order chi connectivity index (χ1) is 26.8. The summed E-state index contributed by atoms with van der Waals surface area (Å²) in [5.41, 5.74) is 14.1. The standard InChI is InChI=1S/C50H33N3S/c1-4-16-34(17-5-1)47-41-33-32-40-39-22-10-11-23-42(39)52(49(40)50(41)53(36-20-8-3-9-21-36)48(47)35-18-6-2-7-19-35)38-30-28-37(29-31-38)51-43-24-12-14-26-45(43)54-46-27-15-13-25-44(46)51/h1-33H. The molecule has 0 aliphatic carbocycles. The van der Waals surface area contributed by atoms with Gasteiger partial charge < -0.3 is 14.0 Å². The Labute approximate surface area is 318 Å². The second-order valence-corrected chi connectivity index (χ2v) is 14.8. The zero-order chi connectivity index (χ0) is 35.6. The van der Waals surface area contributed by atoms with E-state index >= 15 is 0 Å². The summed E-state index contributed by atoms with van der Waals surface area (Å²) in [5, 5.41) is 3.68. The van der Waals surface area contributed by atoms with Gasteiger partial charge in [0.25, 0.3) is 0 Å². The van der Waals surface area contributed by atoms with E-state index in [2.05, 4.69) is 214 Å². The molecule has 254 valence electrons. The van der Waals surface area contributed by atoms with E-state index in [1.165, 1.54) is 76.3 Å². The summed E-state index contributed by atoms with van der Waals surface area (Å²) in [5.74, 6) is 0. The monoisotopic (exact) mass is 707 g/mol. The second kappa shape index (κ2) is 12.4. The van der Waals surface area contributed by atoms with Gasteiger partial charge in [0.15, 0.2) is 0 Å². The molecule has 11 rings (SSSR count). The number of para-hydroxylation sites is 4. The van der Waals surface area contributed by atoms with Crippen molar-refractivity contribution in [1.29, 1.82) is 0 Å². The van der Waals surface area contributed by atoms with E-state index in [9.17, 15) is 0 Å². The lowest BCUT2D eigenvalue weighted by Crippen LogP contribution is -2.14. The van der Waals surface area contributed by atoms with Crippen LogP contribution in [0.3, 0.4) is 0 Å². The highest BCUT2D eigenvalue weighted by atomic mass is 32.2. The number of fused-ring (bicyclic) bond motifs is 7. The minimum Gasteiger partial charge on any atom is -0.308 e. The molecule has 54 heavy (non-hydrogen) atoms. The SMILES string of the molecule is c1ccc(-c2c(-c3ccccc3)n(-c3ccccc3)c3c2ccc2c4ccccc4n(-c4ccc(N5c6ccccc6Sc6ccccc65)cc4)c23)cc1. The van der Waals surface area contributed by atoms with Crippen molar-refractivity contribution in [2.24, 2.45) is 0 Å². The Hall–Kier alpha value is -6.75. The van der Waals surface area contributed by atoms with Gasteiger partial charge in [0, 0.05) is 48.6 Å². The first kappa shape index (κ1) is 30.8. The average molecular weight is 708 g/mol. The molecule has 0 amide bonds. The van der Waals surface area contributed by atoms with E-state index < -0.39 is 0 Å². The summed E-state index contributed by atoms with van der Waals surface area (Å²) in [6.07, 6.45) is 0. The van der Waals surface area contributed by atoms with Crippen molar-refractivity contribution in [2.75, 3.05) is 4.90 Å². The van der Waals surface area contributed by atoms with Gasteiger partial charge in [0.2, 0.25) is 0 Å². The first-order valence-corrected chi connectivity index (χ1v) is 19.2. The Morgan fingerprint density at radius 2 is 0.833 bits per heavy atom. The average Bonchev–Trinajstić information content (AvgIpc) is 3.77. The predicted molar refractivity (Wildman–Crippen MR) is 227 cm³/mol. The Morgan fingerprint density at radius 1 is 0.333 bits per heavy atom. The van der Waals surface area contributed by atoms with E-state index in [1.807, 2.05) is 11.8 Å². The highest BCUT2D eigenvalue weighted by Gasteiger charge is 2.27. The minimum atomic E-state index is 1.12. The van der Waals surface area contributed by atoms with Crippen LogP contribution >= 0.6 is 11.8 Å². The van der Waals surface area contributed by atoms with Crippen molar-refractivity contribution < 1.29 is 0 Å². The Morgan fingerprint density at radius 3 is 1.52 bits per heavy atom. The van der Waals surface area contributed by atoms with Gasteiger partial charge in [-0.05, 0) is 77.9 Å². The van der Waals surface area contributed by atoms with Gasteiger partial charge >= 0.3 is 0 Å². The summed E-state index contributed by atoms with van der Waals surface area (Å²) in [6.45, 7) is 0. The summed E-state index contributed by atoms with van der Waals surface area (Å²) in [4.78, 5) is 4.92. The molecular formula is C50H33N3S. The third-order valence-corrected chi connectivity index (χ3v) is 11.8. The van der Waals surface area contributed by atoms with Gasteiger partial charge in [0.1, 0.15) is 0 Å². The molecule has 1 aliphatic heterocycles. The molecule has 0 N–H and O–H groups in total. The number of hydrogen-bond acceptors (Lipinski definition) is 2. The van der Waals surface area contributed by atoms with E-state index in [-0.39, 0.29) is 0 Å². The molecule has 8 aromatic carbocycles. The fraction of sp³-hybridized carbons (Fsp3) is 0. The maximum Gasteiger partial charge on any atom is 0.0789 e. The molecule has 0 atom stereocenters. The van der Waals surface area contributed by atoms with Gasteiger partial charge in [0.05, 0.1) is 33.6 Å². The molecule has 0 spiro atoms. The maximum atomic E-state index is 2.50. The maximum absolute atomic E-state index is 2.50. The number of benzene rings is 8. The van der Waals surface area contributed by atoms with E-state index in [0.29, 0.717) is 0 Å². The Balaban J connectivity index is 1.22. The second-order valence-electron chi connectivity index (χ2n) is 13.7. The van der Waals surface area contributed by atoms with Crippen LogP contribution in [0.4, 0.5) is 17.1 Å². The van der Waals surface area contributed by atoms with Crippen LogP contribution in [0.5, 0.6) is 0 Å².